The second-order valence-corrected chi connectivity index (χ2v) is 5.83. The maximum Gasteiger partial charge on any atom is 0.343 e. The molecule has 0 aliphatic rings. The normalized spacial score (nSPS) is 11.1. The van der Waals surface area contributed by atoms with E-state index in [1.54, 1.807) is 0 Å². The third-order valence-electron chi connectivity index (χ3n) is 2.50. The number of carbonyl (C=O) groups excluding carboxylic acids is 1. The summed E-state index contributed by atoms with van der Waals surface area (Å²) in [6.07, 6.45) is 0. The van der Waals surface area contributed by atoms with Crippen molar-refractivity contribution in [2.45, 2.75) is 4.90 Å². The number of ether oxygens (including phenoxy) is 1. The molecule has 2 rings (SSSR count). The van der Waals surface area contributed by atoms with Gasteiger partial charge in [-0.05, 0) is 36.4 Å². The minimum atomic E-state index is -4.62. The van der Waals surface area contributed by atoms with E-state index in [4.69, 9.17) is 20.9 Å². The number of hydrogen-bond acceptors (Lipinski definition) is 5. The van der Waals surface area contributed by atoms with Gasteiger partial charge in [0.15, 0.2) is 0 Å². The Bertz CT molecular complexity index is 783. The van der Waals surface area contributed by atoms with Gasteiger partial charge < -0.3 is 9.84 Å². The molecule has 0 saturated heterocycles. The lowest BCUT2D eigenvalue weighted by molar-refractivity contribution is 0.0734. The van der Waals surface area contributed by atoms with Crippen LogP contribution < -0.4 is 4.74 Å². The molecule has 0 aromatic heterocycles. The lowest BCUT2D eigenvalue weighted by atomic mass is 10.2. The summed E-state index contributed by atoms with van der Waals surface area (Å²) >= 11 is 5.69. The SMILES string of the molecule is O=C(Oc1ccc(O)c(S(=O)(=O)O)c1)c1ccc(Cl)cc1. The zero-order valence-corrected chi connectivity index (χ0v) is 11.9. The quantitative estimate of drug-likeness (QED) is 0.510. The average molecular weight is 329 g/mol. The first kappa shape index (κ1) is 15.3. The van der Waals surface area contributed by atoms with Crippen LogP contribution >= 0.6 is 11.6 Å². The molecule has 8 heteroatoms. The van der Waals surface area contributed by atoms with E-state index in [0.717, 1.165) is 12.1 Å². The lowest BCUT2D eigenvalue weighted by Crippen LogP contribution is -2.09. The fraction of sp³-hybridized carbons (Fsp3) is 0. The Morgan fingerprint density at radius 1 is 1.10 bits per heavy atom. The number of aromatic hydroxyl groups is 1. The van der Waals surface area contributed by atoms with E-state index in [-0.39, 0.29) is 11.3 Å². The monoisotopic (exact) mass is 328 g/mol. The highest BCUT2D eigenvalue weighted by molar-refractivity contribution is 7.86. The van der Waals surface area contributed by atoms with Crippen LogP contribution in [0, 0.1) is 0 Å². The summed E-state index contributed by atoms with van der Waals surface area (Å²) in [6, 6.07) is 8.91. The highest BCUT2D eigenvalue weighted by atomic mass is 35.5. The Labute approximate surface area is 125 Å². The fourth-order valence-electron chi connectivity index (χ4n) is 1.52. The predicted octanol–water partition coefficient (Wildman–Crippen LogP) is 2.51. The molecule has 0 spiro atoms. The highest BCUT2D eigenvalue weighted by Gasteiger charge is 2.18. The molecule has 0 aliphatic carbocycles. The average Bonchev–Trinajstić information content (AvgIpc) is 2.40. The zero-order valence-electron chi connectivity index (χ0n) is 10.4. The molecule has 0 heterocycles. The molecule has 0 radical (unpaired) electrons. The minimum Gasteiger partial charge on any atom is -0.506 e. The van der Waals surface area contributed by atoms with Crippen LogP contribution in [0.4, 0.5) is 0 Å². The van der Waals surface area contributed by atoms with Gasteiger partial charge in [-0.25, -0.2) is 4.79 Å². The van der Waals surface area contributed by atoms with Crippen molar-refractivity contribution >= 4 is 27.7 Å². The summed E-state index contributed by atoms with van der Waals surface area (Å²) in [4.78, 5) is 11.1. The smallest absolute Gasteiger partial charge is 0.343 e. The van der Waals surface area contributed by atoms with Crippen molar-refractivity contribution in [2.75, 3.05) is 0 Å². The van der Waals surface area contributed by atoms with Gasteiger partial charge >= 0.3 is 5.97 Å². The van der Waals surface area contributed by atoms with Gasteiger partial charge in [0.25, 0.3) is 10.1 Å². The molecule has 0 amide bonds. The van der Waals surface area contributed by atoms with Crippen LogP contribution in [0.25, 0.3) is 0 Å². The maximum absolute atomic E-state index is 11.8. The number of phenolic OH excluding ortho intramolecular Hbond substituents is 1. The van der Waals surface area contributed by atoms with Crippen LogP contribution in [0.1, 0.15) is 10.4 Å². The molecule has 21 heavy (non-hydrogen) atoms. The van der Waals surface area contributed by atoms with Gasteiger partial charge in [-0.2, -0.15) is 8.42 Å². The van der Waals surface area contributed by atoms with Crippen molar-refractivity contribution in [3.05, 3.63) is 53.1 Å². The standard InChI is InChI=1S/C13H9ClO6S/c14-9-3-1-8(2-4-9)13(16)20-10-5-6-11(15)12(7-10)21(17,18)19/h1-7,15H,(H,17,18,19). The molecule has 0 bridgehead atoms. The van der Waals surface area contributed by atoms with Gasteiger partial charge in [0.1, 0.15) is 16.4 Å². The number of hydrogen-bond donors (Lipinski definition) is 2. The maximum atomic E-state index is 11.8. The Morgan fingerprint density at radius 2 is 1.71 bits per heavy atom. The molecule has 6 nitrogen and oxygen atoms in total. The summed E-state index contributed by atoms with van der Waals surface area (Å²) in [5.41, 5.74) is 0.209. The number of benzene rings is 2. The van der Waals surface area contributed by atoms with Crippen LogP contribution in [0.2, 0.25) is 5.02 Å². The Kier molecular flexibility index (Phi) is 4.17. The van der Waals surface area contributed by atoms with Gasteiger partial charge in [-0.15, -0.1) is 0 Å². The predicted molar refractivity (Wildman–Crippen MR) is 74.3 cm³/mol. The van der Waals surface area contributed by atoms with Gasteiger partial charge in [0.05, 0.1) is 5.56 Å². The first-order valence-corrected chi connectivity index (χ1v) is 7.37. The number of rotatable bonds is 3. The van der Waals surface area contributed by atoms with Gasteiger partial charge in [-0.1, -0.05) is 11.6 Å². The van der Waals surface area contributed by atoms with Crippen molar-refractivity contribution < 1.29 is 27.6 Å². The summed E-state index contributed by atoms with van der Waals surface area (Å²) in [7, 11) is -4.62. The van der Waals surface area contributed by atoms with Crippen LogP contribution in [0.15, 0.2) is 47.4 Å². The van der Waals surface area contributed by atoms with Crippen molar-refractivity contribution in [3.63, 3.8) is 0 Å². The summed E-state index contributed by atoms with van der Waals surface area (Å²) in [5, 5.41) is 9.81. The molecule has 0 atom stereocenters. The molecule has 0 aliphatic heterocycles. The summed E-state index contributed by atoms with van der Waals surface area (Å²) < 4.78 is 36.0. The van der Waals surface area contributed by atoms with E-state index in [1.165, 1.54) is 30.3 Å². The number of halogens is 1. The Balaban J connectivity index is 2.28. The van der Waals surface area contributed by atoms with Crippen LogP contribution in [-0.2, 0) is 10.1 Å². The first-order valence-electron chi connectivity index (χ1n) is 5.55. The zero-order chi connectivity index (χ0) is 15.6. The van der Waals surface area contributed by atoms with E-state index in [1.807, 2.05) is 0 Å². The molecule has 2 N–H and O–H groups in total. The van der Waals surface area contributed by atoms with Crippen LogP contribution in [-0.4, -0.2) is 24.0 Å². The Morgan fingerprint density at radius 3 is 2.29 bits per heavy atom. The first-order chi connectivity index (χ1) is 9.77. The van der Waals surface area contributed by atoms with Crippen molar-refractivity contribution in [2.24, 2.45) is 0 Å². The number of phenols is 1. The molecule has 0 saturated carbocycles. The van der Waals surface area contributed by atoms with Crippen molar-refractivity contribution in [1.82, 2.24) is 0 Å². The Hall–Kier alpha value is -2.09. The second kappa shape index (κ2) is 5.72. The van der Waals surface area contributed by atoms with E-state index < -0.39 is 26.7 Å². The largest absolute Gasteiger partial charge is 0.506 e. The molecule has 2 aromatic rings. The van der Waals surface area contributed by atoms with E-state index >= 15 is 0 Å². The lowest BCUT2D eigenvalue weighted by Gasteiger charge is -2.07. The molecular formula is C13H9ClO6S. The number of esters is 1. The van der Waals surface area contributed by atoms with Gasteiger partial charge in [0.2, 0.25) is 0 Å². The van der Waals surface area contributed by atoms with Gasteiger partial charge in [0, 0.05) is 11.1 Å². The van der Waals surface area contributed by atoms with Crippen molar-refractivity contribution in [1.29, 1.82) is 0 Å². The molecule has 0 fully saturated rings. The van der Waals surface area contributed by atoms with Crippen LogP contribution in [0.5, 0.6) is 11.5 Å². The summed E-state index contributed by atoms with van der Waals surface area (Å²) in [5.74, 6) is -1.53. The molecular weight excluding hydrogens is 320 g/mol. The van der Waals surface area contributed by atoms with E-state index in [0.29, 0.717) is 5.02 Å². The second-order valence-electron chi connectivity index (χ2n) is 4.00. The third kappa shape index (κ3) is 3.72. The van der Waals surface area contributed by atoms with Crippen LogP contribution in [0.3, 0.4) is 0 Å². The number of carbonyl (C=O) groups is 1. The molecule has 0 unspecified atom stereocenters. The molecule has 2 aromatic carbocycles. The van der Waals surface area contributed by atoms with Crippen molar-refractivity contribution in [3.8, 4) is 11.5 Å². The third-order valence-corrected chi connectivity index (χ3v) is 3.63. The highest BCUT2D eigenvalue weighted by Crippen LogP contribution is 2.27. The van der Waals surface area contributed by atoms with E-state index in [2.05, 4.69) is 0 Å². The fourth-order valence-corrected chi connectivity index (χ4v) is 2.24. The topological polar surface area (TPSA) is 101 Å². The molecule has 110 valence electrons. The summed E-state index contributed by atoms with van der Waals surface area (Å²) in [6.45, 7) is 0. The van der Waals surface area contributed by atoms with E-state index in [9.17, 15) is 18.3 Å². The van der Waals surface area contributed by atoms with Gasteiger partial charge in [-0.3, -0.25) is 4.55 Å². The minimum absolute atomic E-state index is 0.139.